The van der Waals surface area contributed by atoms with Gasteiger partial charge in [-0.05, 0) is 24.6 Å². The van der Waals surface area contributed by atoms with Crippen LogP contribution in [0.3, 0.4) is 0 Å². The van der Waals surface area contributed by atoms with E-state index in [4.69, 9.17) is 0 Å². The molecule has 1 rings (SSSR count). The molecule has 0 aromatic heterocycles. The fourth-order valence-corrected chi connectivity index (χ4v) is 2.63. The van der Waals surface area contributed by atoms with E-state index in [1.165, 1.54) is 19.1 Å². The molecule has 0 saturated heterocycles. The molecule has 1 aromatic rings. The van der Waals surface area contributed by atoms with Crippen LogP contribution in [0.5, 0.6) is 0 Å². The second-order valence-electron chi connectivity index (χ2n) is 4.28. The molecule has 1 amide bonds. The van der Waals surface area contributed by atoms with Crippen LogP contribution in [0, 0.1) is 6.92 Å². The Bertz CT molecular complexity index is 627. The highest BCUT2D eigenvalue weighted by Crippen LogP contribution is 2.17. The normalized spacial score (nSPS) is 12.2. The number of carbonyl (C=O) groups excluding carboxylic acids is 1. The molecule has 0 fully saturated rings. The lowest BCUT2D eigenvalue weighted by Gasteiger charge is -2.11. The first-order valence-electron chi connectivity index (χ1n) is 6.02. The Morgan fingerprint density at radius 2 is 1.90 bits per heavy atom. The summed E-state index contributed by atoms with van der Waals surface area (Å²) in [6.07, 6.45) is -4.53. The maximum atomic E-state index is 12.1. The number of hydrogen-bond acceptors (Lipinski definition) is 3. The Balaban J connectivity index is 3.06. The number of nitrogens with one attached hydrogen (secondary N) is 2. The van der Waals surface area contributed by atoms with E-state index in [0.29, 0.717) is 5.56 Å². The van der Waals surface area contributed by atoms with Crippen molar-refractivity contribution in [3.8, 4) is 0 Å². The van der Waals surface area contributed by atoms with Crippen LogP contribution in [0.2, 0.25) is 0 Å². The molecule has 1 aromatic carbocycles. The van der Waals surface area contributed by atoms with Gasteiger partial charge in [0.05, 0.1) is 4.90 Å². The van der Waals surface area contributed by atoms with Crippen molar-refractivity contribution >= 4 is 15.9 Å². The third-order valence-electron chi connectivity index (χ3n) is 2.55. The first kappa shape index (κ1) is 17.4. The van der Waals surface area contributed by atoms with E-state index >= 15 is 0 Å². The first-order chi connectivity index (χ1) is 9.57. The van der Waals surface area contributed by atoms with E-state index in [1.807, 2.05) is 0 Å². The van der Waals surface area contributed by atoms with E-state index < -0.39 is 28.7 Å². The molecule has 0 saturated carbocycles. The molecular weight excluding hydrogens is 309 g/mol. The van der Waals surface area contributed by atoms with E-state index in [2.05, 4.69) is 4.72 Å². The standard InChI is InChI=1S/C12H15F3N2O3S/c1-3-17-21(19,20)9-5-4-8(2)10(6-9)11(18)16-7-12(13,14)15/h4-6,17H,3,7H2,1-2H3,(H,16,18). The predicted octanol–water partition coefficient (Wildman–Crippen LogP) is 1.59. The van der Waals surface area contributed by atoms with E-state index in [9.17, 15) is 26.4 Å². The lowest BCUT2D eigenvalue weighted by Crippen LogP contribution is -2.34. The summed E-state index contributed by atoms with van der Waals surface area (Å²) in [5.41, 5.74) is 0.267. The highest BCUT2D eigenvalue weighted by Gasteiger charge is 2.28. The Hall–Kier alpha value is -1.61. The van der Waals surface area contributed by atoms with Crippen molar-refractivity contribution in [2.75, 3.05) is 13.1 Å². The number of halogens is 3. The molecule has 0 aliphatic rings. The summed E-state index contributed by atoms with van der Waals surface area (Å²) < 4.78 is 62.1. The maximum absolute atomic E-state index is 12.1. The average molecular weight is 324 g/mol. The average Bonchev–Trinajstić information content (AvgIpc) is 2.35. The predicted molar refractivity (Wildman–Crippen MR) is 70.4 cm³/mol. The smallest absolute Gasteiger partial charge is 0.343 e. The van der Waals surface area contributed by atoms with Crippen molar-refractivity contribution < 1.29 is 26.4 Å². The summed E-state index contributed by atoms with van der Waals surface area (Å²) in [4.78, 5) is 11.5. The minimum absolute atomic E-state index is 0.113. The van der Waals surface area contributed by atoms with Crippen LogP contribution in [0.25, 0.3) is 0 Å². The van der Waals surface area contributed by atoms with Crippen molar-refractivity contribution in [1.29, 1.82) is 0 Å². The summed E-state index contributed by atoms with van der Waals surface area (Å²) in [6, 6.07) is 3.71. The monoisotopic (exact) mass is 324 g/mol. The van der Waals surface area contributed by atoms with Crippen LogP contribution < -0.4 is 10.0 Å². The van der Waals surface area contributed by atoms with Crippen LogP contribution in [-0.4, -0.2) is 33.6 Å². The van der Waals surface area contributed by atoms with E-state index in [-0.39, 0.29) is 17.0 Å². The van der Waals surface area contributed by atoms with E-state index in [0.717, 1.165) is 6.07 Å². The third kappa shape index (κ3) is 5.01. The molecule has 0 heterocycles. The molecule has 21 heavy (non-hydrogen) atoms. The van der Waals surface area contributed by atoms with Crippen molar-refractivity contribution in [3.63, 3.8) is 0 Å². The van der Waals surface area contributed by atoms with Gasteiger partial charge in [0.25, 0.3) is 5.91 Å². The first-order valence-corrected chi connectivity index (χ1v) is 7.50. The van der Waals surface area contributed by atoms with Crippen molar-refractivity contribution in [1.82, 2.24) is 10.0 Å². The largest absolute Gasteiger partial charge is 0.405 e. The molecule has 0 radical (unpaired) electrons. The summed E-state index contributed by atoms with van der Waals surface area (Å²) in [5.74, 6) is -0.974. The second kappa shape index (κ2) is 6.44. The fraction of sp³-hybridized carbons (Fsp3) is 0.417. The van der Waals surface area contributed by atoms with Gasteiger partial charge in [0, 0.05) is 12.1 Å². The molecule has 0 aliphatic heterocycles. The highest BCUT2D eigenvalue weighted by atomic mass is 32.2. The minimum atomic E-state index is -4.53. The van der Waals surface area contributed by atoms with Gasteiger partial charge in [-0.1, -0.05) is 13.0 Å². The lowest BCUT2D eigenvalue weighted by molar-refractivity contribution is -0.123. The molecule has 9 heteroatoms. The molecule has 5 nitrogen and oxygen atoms in total. The van der Waals surface area contributed by atoms with Crippen LogP contribution in [0.4, 0.5) is 13.2 Å². The number of hydrogen-bond donors (Lipinski definition) is 2. The summed E-state index contributed by atoms with van der Waals surface area (Å²) in [5, 5.41) is 1.71. The van der Waals surface area contributed by atoms with Gasteiger partial charge in [-0.15, -0.1) is 0 Å². The van der Waals surface area contributed by atoms with Crippen molar-refractivity contribution in [3.05, 3.63) is 29.3 Å². The van der Waals surface area contributed by atoms with Gasteiger partial charge in [0.1, 0.15) is 6.54 Å². The zero-order chi connectivity index (χ0) is 16.3. The van der Waals surface area contributed by atoms with Gasteiger partial charge < -0.3 is 5.32 Å². The SMILES string of the molecule is CCNS(=O)(=O)c1ccc(C)c(C(=O)NCC(F)(F)F)c1. The molecule has 0 unspecified atom stereocenters. The topological polar surface area (TPSA) is 75.3 Å². The van der Waals surface area contributed by atoms with Gasteiger partial charge >= 0.3 is 6.18 Å². The molecular formula is C12H15F3N2O3S. The second-order valence-corrected chi connectivity index (χ2v) is 6.04. The number of carbonyl (C=O) groups is 1. The van der Waals surface area contributed by atoms with Crippen LogP contribution in [-0.2, 0) is 10.0 Å². The van der Waals surface area contributed by atoms with Gasteiger partial charge in [-0.3, -0.25) is 4.79 Å². The third-order valence-corrected chi connectivity index (χ3v) is 4.09. The number of aryl methyl sites for hydroxylation is 1. The van der Waals surface area contributed by atoms with Crippen LogP contribution in [0.15, 0.2) is 23.1 Å². The lowest BCUT2D eigenvalue weighted by atomic mass is 10.1. The van der Waals surface area contributed by atoms with E-state index in [1.54, 1.807) is 12.2 Å². The molecule has 0 bridgehead atoms. The fourth-order valence-electron chi connectivity index (χ4n) is 1.56. The zero-order valence-corrected chi connectivity index (χ0v) is 12.2. The Kier molecular flexibility index (Phi) is 5.35. The Labute approximate surface area is 120 Å². The number of alkyl halides is 3. The summed E-state index contributed by atoms with van der Waals surface area (Å²) in [7, 11) is -3.78. The molecule has 0 spiro atoms. The molecule has 118 valence electrons. The van der Waals surface area contributed by atoms with Gasteiger partial charge in [-0.25, -0.2) is 13.1 Å². The Morgan fingerprint density at radius 1 is 1.29 bits per heavy atom. The van der Waals surface area contributed by atoms with Crippen molar-refractivity contribution in [2.24, 2.45) is 0 Å². The van der Waals surface area contributed by atoms with Gasteiger partial charge in [-0.2, -0.15) is 13.2 Å². The number of amides is 1. The number of benzene rings is 1. The van der Waals surface area contributed by atoms with Gasteiger partial charge in [0.15, 0.2) is 0 Å². The minimum Gasteiger partial charge on any atom is -0.343 e. The van der Waals surface area contributed by atoms with Crippen LogP contribution in [0.1, 0.15) is 22.8 Å². The zero-order valence-electron chi connectivity index (χ0n) is 11.4. The summed E-state index contributed by atoms with van der Waals surface area (Å²) >= 11 is 0. The number of rotatable bonds is 5. The molecule has 0 atom stereocenters. The van der Waals surface area contributed by atoms with Gasteiger partial charge in [0.2, 0.25) is 10.0 Å². The quantitative estimate of drug-likeness (QED) is 0.863. The highest BCUT2D eigenvalue weighted by molar-refractivity contribution is 7.89. The molecule has 2 N–H and O–H groups in total. The maximum Gasteiger partial charge on any atom is 0.405 e. The summed E-state index contributed by atoms with van der Waals surface area (Å²) in [6.45, 7) is 1.77. The Morgan fingerprint density at radius 3 is 2.43 bits per heavy atom. The molecule has 0 aliphatic carbocycles. The van der Waals surface area contributed by atoms with Crippen molar-refractivity contribution in [2.45, 2.75) is 24.9 Å². The van der Waals surface area contributed by atoms with Crippen LogP contribution >= 0.6 is 0 Å². The number of sulfonamides is 1.